The van der Waals surface area contributed by atoms with Crippen LogP contribution in [0.2, 0.25) is 0 Å². The Bertz CT molecular complexity index is 41.0. The van der Waals surface area contributed by atoms with Crippen molar-refractivity contribution >= 4 is 37.7 Å². The molecule has 0 bridgehead atoms. The third-order valence-electron chi connectivity index (χ3n) is 0. The maximum atomic E-state index is 8.50. The quantitative estimate of drug-likeness (QED) is 0.470. The predicted octanol–water partition coefficient (Wildman–Crippen LogP) is -1.19. The molecule has 0 amide bonds. The first-order valence-corrected chi connectivity index (χ1v) is 2.28. The van der Waals surface area contributed by atoms with Gasteiger partial charge in [-0.3, -0.25) is 0 Å². The maximum absolute atomic E-state index is 8.50. The molecular formula is H2CaFeO4Ti. The molecule has 0 aliphatic heterocycles. The van der Waals surface area contributed by atoms with Gasteiger partial charge >= 0.3 is 83.3 Å². The molecule has 0 aromatic rings. The van der Waals surface area contributed by atoms with Gasteiger partial charge in [0.25, 0.3) is 0 Å². The van der Waals surface area contributed by atoms with Crippen LogP contribution in [-0.4, -0.2) is 43.2 Å². The Morgan fingerprint density at radius 1 is 1.14 bits per heavy atom. The molecule has 4 nitrogen and oxygen atoms in total. The van der Waals surface area contributed by atoms with Crippen molar-refractivity contribution < 1.29 is 51.0 Å². The molecule has 0 saturated heterocycles. The summed E-state index contributed by atoms with van der Waals surface area (Å²) in [7, 11) is 0. The third-order valence-corrected chi connectivity index (χ3v) is 0. The van der Waals surface area contributed by atoms with Gasteiger partial charge in [-0.15, -0.1) is 0 Å². The average Bonchev–Trinajstić information content (AvgIpc) is 1.46. The summed E-state index contributed by atoms with van der Waals surface area (Å²) in [6.07, 6.45) is 0. The van der Waals surface area contributed by atoms with E-state index >= 15 is 0 Å². The van der Waals surface area contributed by atoms with Crippen LogP contribution in [0.15, 0.2) is 0 Å². The van der Waals surface area contributed by atoms with Crippen LogP contribution < -0.4 is 0 Å². The van der Waals surface area contributed by atoms with Crippen molar-refractivity contribution in [2.24, 2.45) is 0 Å². The number of rotatable bonds is 0. The molecular weight excluding hydrogens is 208 g/mol. The molecule has 0 unspecified atom stereocenters. The fraction of sp³-hybridized carbons (Fsp3) is 0. The summed E-state index contributed by atoms with van der Waals surface area (Å²) in [5.41, 5.74) is 0. The van der Waals surface area contributed by atoms with Crippen LogP contribution in [0.25, 0.3) is 0 Å². The van der Waals surface area contributed by atoms with Crippen molar-refractivity contribution in [2.75, 3.05) is 0 Å². The first-order valence-electron chi connectivity index (χ1n) is 0.553. The molecule has 0 saturated carbocycles. The second-order valence-corrected chi connectivity index (χ2v) is 0.344. The minimum atomic E-state index is -2.00. The second-order valence-electron chi connectivity index (χ2n) is 0.0833. The summed E-state index contributed by atoms with van der Waals surface area (Å²) in [5.74, 6) is 0. The minimum absolute atomic E-state index is 0. The van der Waals surface area contributed by atoms with Crippen molar-refractivity contribution in [1.29, 1.82) is 0 Å². The molecule has 0 heterocycles. The second kappa shape index (κ2) is 45.3. The van der Waals surface area contributed by atoms with E-state index in [0.29, 0.717) is 0 Å². The Morgan fingerprint density at radius 3 is 1.14 bits per heavy atom. The SMILES string of the molecule is [CaH+].[OH-].[O]=[Fe].[O]=[Ti]=[O]. The van der Waals surface area contributed by atoms with Crippen LogP contribution in [0, 0.1) is 0 Å². The Hall–Kier alpha value is 1.85. The van der Waals surface area contributed by atoms with Crippen LogP contribution in [0.1, 0.15) is 0 Å². The molecule has 0 aliphatic rings. The Labute approximate surface area is 87.3 Å². The van der Waals surface area contributed by atoms with E-state index in [1.54, 1.807) is 0 Å². The molecule has 7 heavy (non-hydrogen) atoms. The molecule has 0 aromatic heterocycles. The Kier molecular flexibility index (Phi) is 150. The normalized spacial score (nSPS) is 1.86. The number of hydrogen-bond acceptors (Lipinski definition) is 4. The van der Waals surface area contributed by atoms with Gasteiger partial charge in [0, 0.05) is 0 Å². The standard InChI is InChI=1S/Ca.Fe.H2O.3O.Ti.H/h;;1H2;;;;;/q+1;;;;;;;/p-1. The van der Waals surface area contributed by atoms with E-state index in [4.69, 9.17) is 10.5 Å². The summed E-state index contributed by atoms with van der Waals surface area (Å²) in [4.78, 5) is 0. The molecule has 7 heteroatoms. The summed E-state index contributed by atoms with van der Waals surface area (Å²) < 4.78 is 25.0. The van der Waals surface area contributed by atoms with E-state index in [1.807, 2.05) is 15.9 Å². The summed E-state index contributed by atoms with van der Waals surface area (Å²) in [6, 6.07) is 0. The summed E-state index contributed by atoms with van der Waals surface area (Å²) in [6.45, 7) is 0. The first kappa shape index (κ1) is 23.2. The van der Waals surface area contributed by atoms with Crippen LogP contribution in [0.5, 0.6) is 0 Å². The van der Waals surface area contributed by atoms with Crippen molar-refractivity contribution in [3.8, 4) is 0 Å². The fourth-order valence-electron chi connectivity index (χ4n) is 0. The van der Waals surface area contributed by atoms with Crippen molar-refractivity contribution in [2.45, 2.75) is 0 Å². The summed E-state index contributed by atoms with van der Waals surface area (Å²) >= 11 is 0. The van der Waals surface area contributed by atoms with Crippen LogP contribution in [-0.2, 0) is 45.5 Å². The molecule has 40 valence electrons. The molecule has 0 atom stereocenters. The Morgan fingerprint density at radius 2 is 1.14 bits per heavy atom. The zero-order chi connectivity index (χ0) is 4.71. The van der Waals surface area contributed by atoms with Gasteiger partial charge < -0.3 is 5.48 Å². The third kappa shape index (κ3) is 78.3. The molecule has 0 rings (SSSR count). The molecule has 1 N–H and O–H groups in total. The van der Waals surface area contributed by atoms with Crippen molar-refractivity contribution in [3.63, 3.8) is 0 Å². The van der Waals surface area contributed by atoms with Crippen LogP contribution in [0.4, 0.5) is 0 Å². The van der Waals surface area contributed by atoms with Gasteiger partial charge in [0.05, 0.1) is 0 Å². The average molecular weight is 210 g/mol. The molecule has 0 fully saturated rings. The first-order chi connectivity index (χ1) is 2.41. The monoisotopic (exact) mass is 210 g/mol. The van der Waals surface area contributed by atoms with Crippen molar-refractivity contribution in [1.82, 2.24) is 0 Å². The van der Waals surface area contributed by atoms with Gasteiger partial charge in [0.15, 0.2) is 0 Å². The van der Waals surface area contributed by atoms with Gasteiger partial charge in [0.2, 0.25) is 0 Å². The van der Waals surface area contributed by atoms with Gasteiger partial charge in [-0.2, -0.15) is 0 Å². The van der Waals surface area contributed by atoms with E-state index in [9.17, 15) is 0 Å². The fourth-order valence-corrected chi connectivity index (χ4v) is 0. The zero-order valence-corrected chi connectivity index (χ0v) is 9.31. The van der Waals surface area contributed by atoms with Crippen LogP contribution >= 0.6 is 0 Å². The number of hydrogen-bond donors (Lipinski definition) is 0. The van der Waals surface area contributed by atoms with Gasteiger partial charge in [0.1, 0.15) is 0 Å². The van der Waals surface area contributed by atoms with Crippen LogP contribution in [0.3, 0.4) is 0 Å². The predicted molar refractivity (Wildman–Crippen MR) is 11.1 cm³/mol. The van der Waals surface area contributed by atoms with E-state index in [0.717, 1.165) is 0 Å². The molecule has 0 aromatic carbocycles. The van der Waals surface area contributed by atoms with E-state index in [1.165, 1.54) is 0 Å². The van der Waals surface area contributed by atoms with E-state index in [2.05, 4.69) is 0 Å². The van der Waals surface area contributed by atoms with E-state index < -0.39 is 19.1 Å². The zero-order valence-electron chi connectivity index (χ0n) is 3.53. The van der Waals surface area contributed by atoms with Gasteiger partial charge in [-0.05, 0) is 0 Å². The summed E-state index contributed by atoms with van der Waals surface area (Å²) in [5, 5.41) is 0. The topological polar surface area (TPSA) is 81.2 Å². The van der Waals surface area contributed by atoms with E-state index in [-0.39, 0.29) is 43.2 Å². The molecule has 0 spiro atoms. The van der Waals surface area contributed by atoms with Crippen molar-refractivity contribution in [3.05, 3.63) is 0 Å². The molecule has 0 aliphatic carbocycles. The Balaban J connectivity index is -0.0000000105. The van der Waals surface area contributed by atoms with Gasteiger partial charge in [-0.1, -0.05) is 0 Å². The van der Waals surface area contributed by atoms with Gasteiger partial charge in [-0.25, -0.2) is 0 Å². The molecule has 0 radical (unpaired) electrons.